The Kier molecular flexibility index (Phi) is 0.893. The van der Waals surface area contributed by atoms with Gasteiger partial charge < -0.3 is 5.73 Å². The summed E-state index contributed by atoms with van der Waals surface area (Å²) in [6.45, 7) is 4.60. The summed E-state index contributed by atoms with van der Waals surface area (Å²) in [6, 6.07) is 0. The lowest BCUT2D eigenvalue weighted by Crippen LogP contribution is -2.78. The monoisotopic (exact) mass is 151 g/mol. The second-order valence-corrected chi connectivity index (χ2v) is 5.16. The molecule has 0 saturated heterocycles. The van der Waals surface area contributed by atoms with Gasteiger partial charge in [-0.25, -0.2) is 0 Å². The second kappa shape index (κ2) is 1.52. The molecule has 1 nitrogen and oxygen atoms in total. The first-order valence-corrected chi connectivity index (χ1v) is 4.93. The number of hydrogen-bond acceptors (Lipinski definition) is 1. The Bertz CT molecular complexity index is 209. The topological polar surface area (TPSA) is 26.0 Å². The maximum atomic E-state index is 6.24. The fourth-order valence-electron chi connectivity index (χ4n) is 4.04. The van der Waals surface area contributed by atoms with Crippen molar-refractivity contribution in [3.8, 4) is 0 Å². The summed E-state index contributed by atoms with van der Waals surface area (Å²) in [5.74, 6) is 4.90. The standard InChI is InChI=1S/C10H17N/c1-5-8-6-3-4-7(6)9(8)10(5,2)11/h5-9H,3-4,11H2,1-2H3. The first-order valence-electron chi connectivity index (χ1n) is 4.93. The van der Waals surface area contributed by atoms with Crippen LogP contribution in [0.3, 0.4) is 0 Å². The van der Waals surface area contributed by atoms with Gasteiger partial charge in [-0.15, -0.1) is 0 Å². The van der Waals surface area contributed by atoms with E-state index in [-0.39, 0.29) is 5.54 Å². The molecule has 0 radical (unpaired) electrons. The molecule has 0 heterocycles. The molecule has 0 aromatic rings. The number of nitrogens with two attached hydrogens (primary N) is 1. The highest BCUT2D eigenvalue weighted by atomic mass is 14.9. The van der Waals surface area contributed by atoms with Gasteiger partial charge in [0, 0.05) is 5.54 Å². The van der Waals surface area contributed by atoms with Crippen molar-refractivity contribution in [1.82, 2.24) is 0 Å². The van der Waals surface area contributed by atoms with E-state index < -0.39 is 0 Å². The van der Waals surface area contributed by atoms with Crippen LogP contribution in [0.2, 0.25) is 0 Å². The van der Waals surface area contributed by atoms with Gasteiger partial charge in [0.25, 0.3) is 0 Å². The molecule has 0 aromatic carbocycles. The third-order valence-corrected chi connectivity index (χ3v) is 5.03. The molecule has 2 N–H and O–H groups in total. The van der Waals surface area contributed by atoms with E-state index in [0.717, 1.165) is 29.6 Å². The van der Waals surface area contributed by atoms with E-state index in [1.165, 1.54) is 12.8 Å². The Morgan fingerprint density at radius 2 is 1.91 bits per heavy atom. The Hall–Kier alpha value is -0.0400. The van der Waals surface area contributed by atoms with E-state index in [1.54, 1.807) is 0 Å². The van der Waals surface area contributed by atoms with Crippen LogP contribution in [0.1, 0.15) is 26.7 Å². The summed E-state index contributed by atoms with van der Waals surface area (Å²) in [5, 5.41) is 0. The van der Waals surface area contributed by atoms with Crippen LogP contribution in [0, 0.1) is 29.6 Å². The minimum Gasteiger partial charge on any atom is -0.325 e. The van der Waals surface area contributed by atoms with E-state index in [0.29, 0.717) is 0 Å². The van der Waals surface area contributed by atoms with Crippen LogP contribution in [-0.2, 0) is 0 Å². The van der Waals surface area contributed by atoms with Crippen molar-refractivity contribution in [3.05, 3.63) is 0 Å². The summed E-state index contributed by atoms with van der Waals surface area (Å²) in [6.07, 6.45) is 2.98. The minimum absolute atomic E-state index is 0.201. The highest BCUT2D eigenvalue weighted by Gasteiger charge is 2.71. The quantitative estimate of drug-likeness (QED) is 0.559. The molecule has 62 valence electrons. The van der Waals surface area contributed by atoms with Gasteiger partial charge in [-0.05, 0) is 49.4 Å². The molecule has 11 heavy (non-hydrogen) atoms. The number of fused-ring (bicyclic) bond motifs is 4. The van der Waals surface area contributed by atoms with Crippen molar-refractivity contribution in [2.45, 2.75) is 32.2 Å². The average molecular weight is 151 g/mol. The van der Waals surface area contributed by atoms with Crippen molar-refractivity contribution in [1.29, 1.82) is 0 Å². The van der Waals surface area contributed by atoms with Crippen LogP contribution in [-0.4, -0.2) is 5.54 Å². The first kappa shape index (κ1) is 6.47. The van der Waals surface area contributed by atoms with Gasteiger partial charge in [-0.3, -0.25) is 0 Å². The normalized spacial score (nSPS) is 71.7. The van der Waals surface area contributed by atoms with Crippen molar-refractivity contribution < 1.29 is 0 Å². The lowest BCUT2D eigenvalue weighted by molar-refractivity contribution is -0.250. The van der Waals surface area contributed by atoms with Crippen LogP contribution in [0.4, 0.5) is 0 Å². The molecule has 6 unspecified atom stereocenters. The summed E-state index contributed by atoms with van der Waals surface area (Å²) in [7, 11) is 0. The average Bonchev–Trinajstić information content (AvgIpc) is 1.92. The van der Waals surface area contributed by atoms with Gasteiger partial charge in [-0.1, -0.05) is 6.92 Å². The van der Waals surface area contributed by atoms with E-state index in [9.17, 15) is 0 Å². The SMILES string of the molecule is CC1C2C3CCC3C2C1(C)N. The highest BCUT2D eigenvalue weighted by Crippen LogP contribution is 2.72. The van der Waals surface area contributed by atoms with Crippen molar-refractivity contribution in [2.75, 3.05) is 0 Å². The Balaban J connectivity index is 1.87. The molecular weight excluding hydrogens is 134 g/mol. The van der Waals surface area contributed by atoms with Gasteiger partial charge >= 0.3 is 0 Å². The van der Waals surface area contributed by atoms with Gasteiger partial charge in [0.05, 0.1) is 0 Å². The molecule has 0 aromatic heterocycles. The Morgan fingerprint density at radius 1 is 1.27 bits per heavy atom. The fourth-order valence-corrected chi connectivity index (χ4v) is 4.04. The zero-order valence-electron chi connectivity index (χ0n) is 7.38. The van der Waals surface area contributed by atoms with Crippen molar-refractivity contribution in [2.24, 2.45) is 35.3 Å². The van der Waals surface area contributed by atoms with E-state index in [2.05, 4.69) is 13.8 Å². The zero-order valence-corrected chi connectivity index (χ0v) is 7.38. The summed E-state index contributed by atoms with van der Waals surface area (Å²) >= 11 is 0. The minimum atomic E-state index is 0.201. The van der Waals surface area contributed by atoms with E-state index >= 15 is 0 Å². The van der Waals surface area contributed by atoms with Gasteiger partial charge in [0.1, 0.15) is 0 Å². The highest BCUT2D eigenvalue weighted by molar-refractivity contribution is 5.22. The van der Waals surface area contributed by atoms with Crippen LogP contribution in [0.25, 0.3) is 0 Å². The van der Waals surface area contributed by atoms with Crippen LogP contribution in [0.5, 0.6) is 0 Å². The van der Waals surface area contributed by atoms with Crippen LogP contribution < -0.4 is 5.73 Å². The lowest BCUT2D eigenvalue weighted by Gasteiger charge is -2.76. The van der Waals surface area contributed by atoms with Gasteiger partial charge in [0.2, 0.25) is 0 Å². The largest absolute Gasteiger partial charge is 0.325 e. The lowest BCUT2D eigenvalue weighted by atomic mass is 9.31. The smallest absolute Gasteiger partial charge is 0.0188 e. The Morgan fingerprint density at radius 3 is 2.36 bits per heavy atom. The third kappa shape index (κ3) is 0.462. The van der Waals surface area contributed by atoms with Crippen LogP contribution in [0.15, 0.2) is 0 Å². The van der Waals surface area contributed by atoms with E-state index in [1.807, 2.05) is 0 Å². The summed E-state index contributed by atoms with van der Waals surface area (Å²) in [5.41, 5.74) is 6.44. The molecular formula is C10H17N. The maximum Gasteiger partial charge on any atom is 0.0188 e. The van der Waals surface area contributed by atoms with Crippen molar-refractivity contribution >= 4 is 0 Å². The van der Waals surface area contributed by atoms with Crippen molar-refractivity contribution in [3.63, 3.8) is 0 Å². The Labute approximate surface area is 68.3 Å². The molecule has 1 heteroatoms. The molecule has 3 aliphatic rings. The zero-order chi connectivity index (χ0) is 7.80. The molecule has 0 amide bonds. The predicted octanol–water partition coefficient (Wildman–Crippen LogP) is 1.63. The second-order valence-electron chi connectivity index (χ2n) is 5.16. The molecule has 3 fully saturated rings. The fraction of sp³-hybridized carbons (Fsp3) is 1.00. The molecule has 0 aliphatic heterocycles. The maximum absolute atomic E-state index is 6.24. The summed E-state index contributed by atoms with van der Waals surface area (Å²) < 4.78 is 0. The number of rotatable bonds is 0. The first-order chi connectivity index (χ1) is 5.14. The van der Waals surface area contributed by atoms with Gasteiger partial charge in [-0.2, -0.15) is 0 Å². The third-order valence-electron chi connectivity index (χ3n) is 5.03. The van der Waals surface area contributed by atoms with E-state index in [4.69, 9.17) is 5.73 Å². The van der Waals surface area contributed by atoms with Gasteiger partial charge in [0.15, 0.2) is 0 Å². The molecule has 3 saturated carbocycles. The number of hydrogen-bond donors (Lipinski definition) is 1. The molecule has 3 rings (SSSR count). The predicted molar refractivity (Wildman–Crippen MR) is 45.0 cm³/mol. The molecule has 3 aliphatic carbocycles. The molecule has 0 spiro atoms. The molecule has 6 atom stereocenters. The summed E-state index contributed by atoms with van der Waals surface area (Å²) in [4.78, 5) is 0. The van der Waals surface area contributed by atoms with Crippen LogP contribution >= 0.6 is 0 Å². The molecule has 0 bridgehead atoms.